The molecule has 0 spiro atoms. The van der Waals surface area contributed by atoms with Gasteiger partial charge < -0.3 is 4.98 Å². The predicted octanol–water partition coefficient (Wildman–Crippen LogP) is 3.64. The van der Waals surface area contributed by atoms with E-state index in [9.17, 15) is 0 Å². The number of aromatic nitrogens is 1. The lowest BCUT2D eigenvalue weighted by Gasteiger charge is -1.94. The summed E-state index contributed by atoms with van der Waals surface area (Å²) in [4.78, 5) is 3.38. The molecule has 0 aliphatic rings. The Morgan fingerprint density at radius 2 is 1.80 bits per heavy atom. The fraction of sp³-hybridized carbons (Fsp3) is 0. The average Bonchev–Trinajstić information content (AvgIpc) is 2.74. The number of hydrogen-bond acceptors (Lipinski definition) is 0. The Bertz CT molecular complexity index is 545. The van der Waals surface area contributed by atoms with E-state index in [-0.39, 0.29) is 0 Å². The van der Waals surface area contributed by atoms with E-state index >= 15 is 0 Å². The Labute approximate surface area is 88.4 Å². The first-order valence-corrected chi connectivity index (χ1v) is 4.98. The van der Waals surface area contributed by atoms with Gasteiger partial charge >= 0.3 is 0 Å². The Hall–Kier alpha value is -2.02. The van der Waals surface area contributed by atoms with E-state index in [0.717, 1.165) is 11.3 Å². The maximum atomic E-state index is 3.38. The van der Waals surface area contributed by atoms with Crippen molar-refractivity contribution in [1.82, 2.24) is 4.98 Å². The topological polar surface area (TPSA) is 15.8 Å². The van der Waals surface area contributed by atoms with Gasteiger partial charge in [0.1, 0.15) is 0 Å². The standard InChI is InChI=1S/C14H10N/c1-2-6-11(7-3-1)14-10-12-8-4-5-9-13(12)15-14/h1-6,8-10,15H. The average molecular weight is 192 g/mol. The molecule has 3 aromatic rings. The van der Waals surface area contributed by atoms with Crippen LogP contribution in [0.5, 0.6) is 0 Å². The molecular weight excluding hydrogens is 182 g/mol. The molecule has 0 bridgehead atoms. The van der Waals surface area contributed by atoms with E-state index in [1.807, 2.05) is 24.3 Å². The minimum absolute atomic E-state index is 1.11. The van der Waals surface area contributed by atoms with Gasteiger partial charge in [0.2, 0.25) is 0 Å². The van der Waals surface area contributed by atoms with Crippen molar-refractivity contribution in [3.8, 4) is 11.3 Å². The summed E-state index contributed by atoms with van der Waals surface area (Å²) >= 11 is 0. The highest BCUT2D eigenvalue weighted by Crippen LogP contribution is 2.22. The van der Waals surface area contributed by atoms with Crippen molar-refractivity contribution in [2.45, 2.75) is 0 Å². The Morgan fingerprint density at radius 1 is 0.933 bits per heavy atom. The second kappa shape index (κ2) is 3.28. The molecule has 1 nitrogen and oxygen atoms in total. The fourth-order valence-corrected chi connectivity index (χ4v) is 1.78. The maximum Gasteiger partial charge on any atom is 0.0471 e. The normalized spacial score (nSPS) is 10.7. The van der Waals surface area contributed by atoms with E-state index in [4.69, 9.17) is 0 Å². The minimum Gasteiger partial charge on any atom is -0.355 e. The van der Waals surface area contributed by atoms with Gasteiger partial charge in [0.15, 0.2) is 0 Å². The molecule has 2 aromatic carbocycles. The third-order valence-corrected chi connectivity index (χ3v) is 2.53. The number of aromatic amines is 1. The predicted molar refractivity (Wildman–Crippen MR) is 62.6 cm³/mol. The maximum absolute atomic E-state index is 3.38. The molecule has 0 unspecified atom stereocenters. The second-order valence-corrected chi connectivity index (χ2v) is 3.55. The third-order valence-electron chi connectivity index (χ3n) is 2.53. The van der Waals surface area contributed by atoms with Crippen LogP contribution >= 0.6 is 0 Å². The van der Waals surface area contributed by atoms with E-state index in [2.05, 4.69) is 41.4 Å². The number of H-pyrrole nitrogens is 1. The van der Waals surface area contributed by atoms with Crippen LogP contribution in [-0.2, 0) is 0 Å². The summed E-state index contributed by atoms with van der Waals surface area (Å²) in [5.74, 6) is 0. The van der Waals surface area contributed by atoms with Crippen molar-refractivity contribution in [3.05, 3.63) is 60.7 Å². The van der Waals surface area contributed by atoms with Crippen LogP contribution in [0.2, 0.25) is 0 Å². The lowest BCUT2D eigenvalue weighted by molar-refractivity contribution is 1.45. The van der Waals surface area contributed by atoms with Crippen LogP contribution in [-0.4, -0.2) is 4.98 Å². The largest absolute Gasteiger partial charge is 0.355 e. The summed E-state index contributed by atoms with van der Waals surface area (Å²) < 4.78 is 0. The van der Waals surface area contributed by atoms with E-state index in [0.29, 0.717) is 0 Å². The molecule has 3 rings (SSSR count). The molecule has 15 heavy (non-hydrogen) atoms. The smallest absolute Gasteiger partial charge is 0.0471 e. The fourth-order valence-electron chi connectivity index (χ4n) is 1.78. The van der Waals surface area contributed by atoms with Crippen molar-refractivity contribution in [2.24, 2.45) is 0 Å². The summed E-state index contributed by atoms with van der Waals surface area (Å²) in [6.45, 7) is 0. The number of fused-ring (bicyclic) bond motifs is 1. The number of para-hydroxylation sites is 1. The lowest BCUT2D eigenvalue weighted by atomic mass is 10.1. The van der Waals surface area contributed by atoms with Gasteiger partial charge in [0, 0.05) is 22.2 Å². The van der Waals surface area contributed by atoms with Crippen LogP contribution in [0.4, 0.5) is 0 Å². The van der Waals surface area contributed by atoms with Crippen LogP contribution < -0.4 is 0 Å². The molecule has 0 atom stereocenters. The zero-order valence-electron chi connectivity index (χ0n) is 8.20. The SMILES string of the molecule is [c]1ccccc1-c1cc2ccccc2[nH]1. The van der Waals surface area contributed by atoms with Gasteiger partial charge in [0.05, 0.1) is 0 Å². The first-order chi connectivity index (χ1) is 7.43. The highest BCUT2D eigenvalue weighted by molar-refractivity contribution is 5.85. The highest BCUT2D eigenvalue weighted by atomic mass is 14.7. The van der Waals surface area contributed by atoms with Crippen molar-refractivity contribution in [1.29, 1.82) is 0 Å². The van der Waals surface area contributed by atoms with Gasteiger partial charge in [-0.2, -0.15) is 0 Å². The minimum atomic E-state index is 1.11. The molecule has 1 heterocycles. The Balaban J connectivity index is 2.21. The zero-order chi connectivity index (χ0) is 10.1. The van der Waals surface area contributed by atoms with Crippen molar-refractivity contribution in [3.63, 3.8) is 0 Å². The lowest BCUT2D eigenvalue weighted by Crippen LogP contribution is -1.74. The summed E-state index contributed by atoms with van der Waals surface area (Å²) in [5.41, 5.74) is 3.40. The van der Waals surface area contributed by atoms with E-state index in [1.54, 1.807) is 0 Å². The van der Waals surface area contributed by atoms with Crippen LogP contribution in [0, 0.1) is 6.07 Å². The van der Waals surface area contributed by atoms with Crippen LogP contribution in [0.3, 0.4) is 0 Å². The molecule has 0 aliphatic heterocycles. The summed E-state index contributed by atoms with van der Waals surface area (Å²) in [6.07, 6.45) is 0. The first kappa shape index (κ1) is 8.30. The number of benzene rings is 2. The molecule has 71 valence electrons. The second-order valence-electron chi connectivity index (χ2n) is 3.55. The van der Waals surface area contributed by atoms with Gasteiger partial charge in [-0.05, 0) is 18.2 Å². The number of nitrogens with one attached hydrogen (secondary N) is 1. The van der Waals surface area contributed by atoms with Crippen LogP contribution in [0.15, 0.2) is 54.6 Å². The molecule has 0 amide bonds. The molecule has 1 aromatic heterocycles. The van der Waals surface area contributed by atoms with Crippen LogP contribution in [0.1, 0.15) is 0 Å². The first-order valence-electron chi connectivity index (χ1n) is 4.98. The zero-order valence-corrected chi connectivity index (χ0v) is 8.20. The summed E-state index contributed by atoms with van der Waals surface area (Å²) in [7, 11) is 0. The van der Waals surface area contributed by atoms with Crippen molar-refractivity contribution < 1.29 is 0 Å². The quantitative estimate of drug-likeness (QED) is 0.606. The third kappa shape index (κ3) is 1.42. The molecular formula is C14H10N. The molecule has 1 heteroatoms. The molecule has 0 fully saturated rings. The van der Waals surface area contributed by atoms with Gasteiger partial charge in [-0.1, -0.05) is 42.5 Å². The molecule has 1 N–H and O–H groups in total. The Morgan fingerprint density at radius 3 is 2.60 bits per heavy atom. The number of hydrogen-bond donors (Lipinski definition) is 1. The summed E-state index contributed by atoms with van der Waals surface area (Å²) in [5, 5.41) is 1.24. The molecule has 0 aliphatic carbocycles. The molecule has 0 saturated carbocycles. The molecule has 1 radical (unpaired) electrons. The molecule has 0 saturated heterocycles. The van der Waals surface area contributed by atoms with E-state index in [1.165, 1.54) is 10.9 Å². The summed E-state index contributed by atoms with van der Waals surface area (Å²) in [6, 6.07) is 21.6. The Kier molecular flexibility index (Phi) is 1.82. The van der Waals surface area contributed by atoms with E-state index < -0.39 is 0 Å². The van der Waals surface area contributed by atoms with Crippen LogP contribution in [0.25, 0.3) is 22.2 Å². The monoisotopic (exact) mass is 192 g/mol. The van der Waals surface area contributed by atoms with Crippen molar-refractivity contribution in [2.75, 3.05) is 0 Å². The van der Waals surface area contributed by atoms with Crippen molar-refractivity contribution >= 4 is 10.9 Å². The van der Waals surface area contributed by atoms with Gasteiger partial charge in [-0.3, -0.25) is 0 Å². The van der Waals surface area contributed by atoms with Gasteiger partial charge in [-0.25, -0.2) is 0 Å². The van der Waals surface area contributed by atoms with Gasteiger partial charge in [0.25, 0.3) is 0 Å². The van der Waals surface area contributed by atoms with Gasteiger partial charge in [-0.15, -0.1) is 0 Å². The highest BCUT2D eigenvalue weighted by Gasteiger charge is 2.01. The number of rotatable bonds is 1.